The lowest BCUT2D eigenvalue weighted by Crippen LogP contribution is -2.58. The van der Waals surface area contributed by atoms with E-state index in [1.54, 1.807) is 19.1 Å². The molecule has 0 saturated heterocycles. The highest BCUT2D eigenvalue weighted by molar-refractivity contribution is 7.86. The summed E-state index contributed by atoms with van der Waals surface area (Å²) in [6.07, 6.45) is 9.38. The molecular weight excluding hydrogens is 444 g/mol. The minimum Gasteiger partial charge on any atom is -0.300 e. The predicted octanol–water partition coefficient (Wildman–Crippen LogP) is 6.71. The first kappa shape index (κ1) is 24.5. The number of ketones is 1. The fraction of sp³-hybridized carbons (Fsp3) is 0.759. The zero-order valence-electron chi connectivity index (χ0n) is 21.6. The van der Waals surface area contributed by atoms with Crippen LogP contribution in [0.3, 0.4) is 0 Å². The van der Waals surface area contributed by atoms with Crippen LogP contribution < -0.4 is 0 Å². The van der Waals surface area contributed by atoms with E-state index in [4.69, 9.17) is 4.18 Å². The minimum absolute atomic E-state index is 0.0895. The quantitative estimate of drug-likeness (QED) is 0.444. The van der Waals surface area contributed by atoms with Crippen LogP contribution >= 0.6 is 0 Å². The Kier molecular flexibility index (Phi) is 5.88. The predicted molar refractivity (Wildman–Crippen MR) is 134 cm³/mol. The van der Waals surface area contributed by atoms with Crippen molar-refractivity contribution in [3.63, 3.8) is 0 Å². The van der Waals surface area contributed by atoms with Gasteiger partial charge in [0.1, 0.15) is 5.78 Å². The number of aryl methyl sites for hydroxylation is 1. The van der Waals surface area contributed by atoms with Crippen LogP contribution in [0.25, 0.3) is 0 Å². The Morgan fingerprint density at radius 3 is 2.29 bits per heavy atom. The van der Waals surface area contributed by atoms with Crippen molar-refractivity contribution in [3.8, 4) is 0 Å². The van der Waals surface area contributed by atoms with Gasteiger partial charge in [0.05, 0.1) is 11.0 Å². The van der Waals surface area contributed by atoms with E-state index in [1.807, 2.05) is 19.1 Å². The van der Waals surface area contributed by atoms with Crippen molar-refractivity contribution in [2.24, 2.45) is 39.9 Å². The smallest absolute Gasteiger partial charge is 0.297 e. The Balaban J connectivity index is 1.34. The van der Waals surface area contributed by atoms with Crippen molar-refractivity contribution < 1.29 is 17.4 Å². The average molecular weight is 487 g/mol. The molecular formula is C29H42O4S. The normalized spacial score (nSPS) is 44.1. The largest absolute Gasteiger partial charge is 0.300 e. The number of hydrogen-bond donors (Lipinski definition) is 0. The van der Waals surface area contributed by atoms with Crippen molar-refractivity contribution in [2.75, 3.05) is 0 Å². The van der Waals surface area contributed by atoms with Gasteiger partial charge >= 0.3 is 0 Å². The highest BCUT2D eigenvalue weighted by Gasteiger charge is 2.64. The number of benzene rings is 1. The van der Waals surface area contributed by atoms with E-state index in [2.05, 4.69) is 20.8 Å². The lowest BCUT2D eigenvalue weighted by molar-refractivity contribution is -0.168. The molecule has 0 aliphatic heterocycles. The van der Waals surface area contributed by atoms with Gasteiger partial charge in [-0.1, -0.05) is 38.5 Å². The van der Waals surface area contributed by atoms with Gasteiger partial charge in [0.15, 0.2) is 0 Å². The van der Waals surface area contributed by atoms with Gasteiger partial charge in [0.2, 0.25) is 0 Å². The lowest BCUT2D eigenvalue weighted by atomic mass is 9.40. The number of carbonyl (C=O) groups excluding carboxylic acids is 1. The van der Waals surface area contributed by atoms with Crippen molar-refractivity contribution in [2.45, 2.75) is 103 Å². The average Bonchev–Trinajstić information content (AvgIpc) is 3.12. The van der Waals surface area contributed by atoms with Crippen LogP contribution in [-0.4, -0.2) is 20.3 Å². The third-order valence-electron chi connectivity index (χ3n) is 11.4. The van der Waals surface area contributed by atoms with Gasteiger partial charge in [-0.2, -0.15) is 8.42 Å². The summed E-state index contributed by atoms with van der Waals surface area (Å²) in [4.78, 5) is 12.7. The molecule has 188 valence electrons. The first-order valence-electron chi connectivity index (χ1n) is 13.4. The SMILES string of the molecule is CC(=O)C1CCC2C3CCC4(C)CC(OS(=O)(=O)c5ccc(C)cc5)CCC4(C)C3CCC12C. The van der Waals surface area contributed by atoms with Crippen LogP contribution in [0.5, 0.6) is 0 Å². The number of fused-ring (bicyclic) bond motifs is 5. The molecule has 0 radical (unpaired) electrons. The molecule has 0 bridgehead atoms. The maximum Gasteiger partial charge on any atom is 0.297 e. The van der Waals surface area contributed by atoms with E-state index >= 15 is 0 Å². The van der Waals surface area contributed by atoms with Gasteiger partial charge < -0.3 is 0 Å². The summed E-state index contributed by atoms with van der Waals surface area (Å²) in [6, 6.07) is 6.96. The Hall–Kier alpha value is -1.20. The first-order valence-corrected chi connectivity index (χ1v) is 14.8. The lowest BCUT2D eigenvalue weighted by Gasteiger charge is -2.65. The summed E-state index contributed by atoms with van der Waals surface area (Å²) in [5, 5.41) is 0. The molecule has 4 aliphatic rings. The summed E-state index contributed by atoms with van der Waals surface area (Å²) in [6.45, 7) is 11.1. The molecule has 5 rings (SSSR count). The molecule has 4 fully saturated rings. The fourth-order valence-electron chi connectivity index (χ4n) is 9.28. The number of carbonyl (C=O) groups is 1. The molecule has 0 spiro atoms. The summed E-state index contributed by atoms with van der Waals surface area (Å²) in [5.41, 5.74) is 1.52. The second-order valence-corrected chi connectivity index (χ2v) is 14.5. The Labute approximate surface area is 206 Å². The number of rotatable bonds is 4. The molecule has 34 heavy (non-hydrogen) atoms. The van der Waals surface area contributed by atoms with Gasteiger partial charge in [-0.05, 0) is 118 Å². The molecule has 1 aromatic rings. The molecule has 0 heterocycles. The molecule has 1 aromatic carbocycles. The van der Waals surface area contributed by atoms with Gasteiger partial charge in [-0.15, -0.1) is 0 Å². The van der Waals surface area contributed by atoms with E-state index in [0.29, 0.717) is 23.5 Å². The molecule has 8 unspecified atom stereocenters. The molecule has 0 N–H and O–H groups in total. The van der Waals surface area contributed by atoms with Crippen molar-refractivity contribution in [1.29, 1.82) is 0 Å². The topological polar surface area (TPSA) is 60.4 Å². The summed E-state index contributed by atoms with van der Waals surface area (Å²) in [5.74, 6) is 2.68. The third-order valence-corrected chi connectivity index (χ3v) is 12.8. The molecule has 0 aromatic heterocycles. The third kappa shape index (κ3) is 3.63. The summed E-state index contributed by atoms with van der Waals surface area (Å²) >= 11 is 0. The van der Waals surface area contributed by atoms with E-state index in [9.17, 15) is 13.2 Å². The monoisotopic (exact) mass is 486 g/mol. The van der Waals surface area contributed by atoms with E-state index in [0.717, 1.165) is 44.1 Å². The number of hydrogen-bond acceptors (Lipinski definition) is 4. The van der Waals surface area contributed by atoms with Crippen molar-refractivity contribution >= 4 is 15.9 Å². The summed E-state index contributed by atoms with van der Waals surface area (Å²) < 4.78 is 31.8. The van der Waals surface area contributed by atoms with Crippen LogP contribution in [0.15, 0.2) is 29.2 Å². The molecule has 0 amide bonds. The van der Waals surface area contributed by atoms with Crippen LogP contribution in [0.4, 0.5) is 0 Å². The Morgan fingerprint density at radius 1 is 0.912 bits per heavy atom. The molecule has 8 atom stereocenters. The number of Topliss-reactive ketones (excluding diaryl/α,β-unsaturated/α-hetero) is 1. The fourth-order valence-corrected chi connectivity index (χ4v) is 10.4. The van der Waals surface area contributed by atoms with Crippen LogP contribution in [0.2, 0.25) is 0 Å². The molecule has 4 aliphatic carbocycles. The van der Waals surface area contributed by atoms with Crippen molar-refractivity contribution in [1.82, 2.24) is 0 Å². The van der Waals surface area contributed by atoms with Gasteiger partial charge in [0, 0.05) is 5.92 Å². The Morgan fingerprint density at radius 2 is 1.62 bits per heavy atom. The van der Waals surface area contributed by atoms with Gasteiger partial charge in [0.25, 0.3) is 10.1 Å². The van der Waals surface area contributed by atoms with Crippen LogP contribution in [0, 0.1) is 46.8 Å². The maximum atomic E-state index is 13.0. The van der Waals surface area contributed by atoms with Gasteiger partial charge in [-0.25, -0.2) is 0 Å². The van der Waals surface area contributed by atoms with E-state index in [-0.39, 0.29) is 33.2 Å². The van der Waals surface area contributed by atoms with E-state index < -0.39 is 10.1 Å². The highest BCUT2D eigenvalue weighted by Crippen LogP contribution is 2.70. The Bertz CT molecular complexity index is 1060. The zero-order chi connectivity index (χ0) is 24.5. The molecule has 4 nitrogen and oxygen atoms in total. The van der Waals surface area contributed by atoms with Gasteiger partial charge in [-0.3, -0.25) is 8.98 Å². The zero-order valence-corrected chi connectivity index (χ0v) is 22.4. The summed E-state index contributed by atoms with van der Waals surface area (Å²) in [7, 11) is -3.75. The van der Waals surface area contributed by atoms with Crippen molar-refractivity contribution in [3.05, 3.63) is 29.8 Å². The minimum atomic E-state index is -3.75. The maximum absolute atomic E-state index is 13.0. The van der Waals surface area contributed by atoms with E-state index in [1.165, 1.54) is 19.3 Å². The first-order chi connectivity index (χ1) is 15.9. The molecule has 4 saturated carbocycles. The highest BCUT2D eigenvalue weighted by atomic mass is 32.2. The van der Waals surface area contributed by atoms with Crippen LogP contribution in [0.1, 0.15) is 91.0 Å². The molecule has 5 heteroatoms. The standard InChI is InChI=1S/C29H42O4S/c1-19-6-8-22(9-7-19)34(31,32)33-21-12-17-29(5)26-14-16-28(4)24(20(2)30)10-11-25(28)23(26)13-15-27(29,3)18-21/h6-9,21,23-26H,10-18H2,1-5H3. The second-order valence-electron chi connectivity index (χ2n) is 12.9. The van der Waals surface area contributed by atoms with Crippen LogP contribution in [-0.2, 0) is 19.1 Å². The second kappa shape index (κ2) is 8.16.